The lowest BCUT2D eigenvalue weighted by atomic mass is 9.97. The molecule has 2 heterocycles. The lowest BCUT2D eigenvalue weighted by Crippen LogP contribution is -2.30. The maximum atomic E-state index is 14.6. The molecule has 5 N–H and O–H groups in total. The Bertz CT molecular complexity index is 1350. The van der Waals surface area contributed by atoms with E-state index in [0.29, 0.717) is 22.6 Å². The molecule has 11 heteroatoms. The van der Waals surface area contributed by atoms with E-state index >= 15 is 0 Å². The largest absolute Gasteiger partial charge is 0.506 e. The molecule has 176 valence electrons. The highest BCUT2D eigenvalue weighted by molar-refractivity contribution is 5.94. The summed E-state index contributed by atoms with van der Waals surface area (Å²) in [4.78, 5) is 4.23. The van der Waals surface area contributed by atoms with Crippen molar-refractivity contribution in [3.63, 3.8) is 0 Å². The fourth-order valence-corrected chi connectivity index (χ4v) is 3.89. The first-order valence-electron chi connectivity index (χ1n) is 10.4. The van der Waals surface area contributed by atoms with Crippen LogP contribution in [0.1, 0.15) is 25.3 Å². The van der Waals surface area contributed by atoms with Crippen molar-refractivity contribution in [1.29, 1.82) is 0 Å². The van der Waals surface area contributed by atoms with E-state index in [1.165, 1.54) is 24.6 Å². The molecule has 0 aromatic heterocycles. The molecule has 2 aliphatic heterocycles. The second-order valence-corrected chi connectivity index (χ2v) is 8.27. The van der Waals surface area contributed by atoms with Gasteiger partial charge in [-0.3, -0.25) is 10.2 Å². The molecule has 0 fully saturated rings. The SMILES string of the molecule is CC(C)c1cc(NC2=C3C=C(Nc4c(F)c(F)c5c(c4F)N5O)C(O)=CC3N=CN2)ccc1F. The first-order chi connectivity index (χ1) is 16.2. The summed E-state index contributed by atoms with van der Waals surface area (Å²) in [6.45, 7) is 3.74. The number of halogens is 4. The molecule has 0 bridgehead atoms. The molecule has 0 spiro atoms. The molecular weight excluding hydrogens is 454 g/mol. The Morgan fingerprint density at radius 1 is 1.06 bits per heavy atom. The lowest BCUT2D eigenvalue weighted by Gasteiger charge is -2.26. The van der Waals surface area contributed by atoms with Crippen LogP contribution < -0.4 is 21.0 Å². The minimum Gasteiger partial charge on any atom is -0.506 e. The zero-order valence-corrected chi connectivity index (χ0v) is 17.9. The highest BCUT2D eigenvalue weighted by atomic mass is 19.2. The molecule has 0 radical (unpaired) electrons. The van der Waals surface area contributed by atoms with Crippen LogP contribution in [-0.2, 0) is 0 Å². The number of benzene rings is 2. The van der Waals surface area contributed by atoms with Gasteiger partial charge in [0.05, 0.1) is 12.0 Å². The summed E-state index contributed by atoms with van der Waals surface area (Å²) in [6, 6.07) is 3.96. The summed E-state index contributed by atoms with van der Waals surface area (Å²) in [6.07, 6.45) is 4.16. The molecule has 0 saturated carbocycles. The fourth-order valence-electron chi connectivity index (χ4n) is 3.89. The number of nitrogens with one attached hydrogen (secondary N) is 3. The second-order valence-electron chi connectivity index (χ2n) is 8.27. The highest BCUT2D eigenvalue weighted by Crippen LogP contribution is 2.53. The van der Waals surface area contributed by atoms with Crippen LogP contribution in [0.5, 0.6) is 0 Å². The quantitative estimate of drug-likeness (QED) is 0.231. The van der Waals surface area contributed by atoms with Gasteiger partial charge in [0.1, 0.15) is 40.5 Å². The van der Waals surface area contributed by atoms with Crippen molar-refractivity contribution >= 4 is 29.1 Å². The Kier molecular flexibility index (Phi) is 5.01. The number of hydrogen-bond donors (Lipinski definition) is 5. The molecule has 1 unspecified atom stereocenters. The Hall–Kier alpha value is -3.99. The van der Waals surface area contributed by atoms with Crippen LogP contribution >= 0.6 is 0 Å². The molecule has 1 aliphatic carbocycles. The summed E-state index contributed by atoms with van der Waals surface area (Å²) >= 11 is 0. The van der Waals surface area contributed by atoms with Gasteiger partial charge in [-0.2, -0.15) is 0 Å². The Morgan fingerprint density at radius 3 is 2.53 bits per heavy atom. The first kappa shape index (κ1) is 21.8. The van der Waals surface area contributed by atoms with Gasteiger partial charge in [-0.25, -0.2) is 22.6 Å². The Morgan fingerprint density at radius 2 is 1.79 bits per heavy atom. The summed E-state index contributed by atoms with van der Waals surface area (Å²) in [5.74, 6) is -4.44. The molecule has 1 atom stereocenters. The number of aliphatic imine (C=N–C) groups is 1. The zero-order valence-electron chi connectivity index (χ0n) is 17.9. The number of hydrogen-bond acceptors (Lipinski definition) is 7. The van der Waals surface area contributed by atoms with Gasteiger partial charge in [0, 0.05) is 11.3 Å². The molecule has 2 aromatic carbocycles. The molecule has 5 rings (SSSR count). The average Bonchev–Trinajstić information content (AvgIpc) is 3.48. The van der Waals surface area contributed by atoms with Crippen molar-refractivity contribution in [2.75, 3.05) is 15.7 Å². The molecule has 0 amide bonds. The molecule has 34 heavy (non-hydrogen) atoms. The van der Waals surface area contributed by atoms with Crippen molar-refractivity contribution in [1.82, 2.24) is 5.32 Å². The monoisotopic (exact) mass is 473 g/mol. The summed E-state index contributed by atoms with van der Waals surface area (Å²) in [5.41, 5.74) is -0.431. The van der Waals surface area contributed by atoms with Crippen LogP contribution in [0.4, 0.5) is 40.3 Å². The van der Waals surface area contributed by atoms with E-state index in [2.05, 4.69) is 20.9 Å². The van der Waals surface area contributed by atoms with Crippen LogP contribution in [0.15, 0.2) is 58.2 Å². The minimum atomic E-state index is -1.54. The van der Waals surface area contributed by atoms with Gasteiger partial charge in [-0.05, 0) is 41.8 Å². The summed E-state index contributed by atoms with van der Waals surface area (Å²) in [5, 5.41) is 28.5. The number of fused-ring (bicyclic) bond motifs is 2. The predicted molar refractivity (Wildman–Crippen MR) is 119 cm³/mol. The van der Waals surface area contributed by atoms with E-state index in [0.717, 1.165) is 0 Å². The number of aliphatic hydroxyl groups is 1. The number of nitrogens with zero attached hydrogens (tertiary/aromatic N) is 2. The molecular formula is C23H19F4N5O2. The van der Waals surface area contributed by atoms with Crippen LogP contribution in [0.25, 0.3) is 0 Å². The van der Waals surface area contributed by atoms with Gasteiger partial charge >= 0.3 is 0 Å². The van der Waals surface area contributed by atoms with Crippen LogP contribution in [0.3, 0.4) is 0 Å². The standard InChI is InChI=1S/C23H19F4N5O2/c1-9(2)11-5-10(3-4-13(11)24)30-23-12-6-15(16(33)7-14(12)28-8-29-23)31-20-17(25)18(26)21-22(19(20)27)32(21)34/h3-9,14,30-31,33-34H,1-2H3,(H,28,29). The molecule has 7 nitrogen and oxygen atoms in total. The summed E-state index contributed by atoms with van der Waals surface area (Å²) < 4.78 is 57.1. The highest BCUT2D eigenvalue weighted by Gasteiger charge is 2.42. The van der Waals surface area contributed by atoms with Gasteiger partial charge in [0.25, 0.3) is 0 Å². The predicted octanol–water partition coefficient (Wildman–Crippen LogP) is 5.28. The minimum absolute atomic E-state index is 0.0442. The molecule has 2 aromatic rings. The van der Waals surface area contributed by atoms with Crippen molar-refractivity contribution in [2.45, 2.75) is 25.8 Å². The first-order valence-corrected chi connectivity index (χ1v) is 10.4. The number of anilines is 4. The number of aliphatic hydroxyl groups excluding tert-OH is 1. The van der Waals surface area contributed by atoms with E-state index in [4.69, 9.17) is 0 Å². The maximum Gasteiger partial charge on any atom is 0.189 e. The van der Waals surface area contributed by atoms with Crippen molar-refractivity contribution in [2.24, 2.45) is 4.99 Å². The van der Waals surface area contributed by atoms with E-state index in [9.17, 15) is 27.9 Å². The van der Waals surface area contributed by atoms with Crippen molar-refractivity contribution < 1.29 is 27.9 Å². The van der Waals surface area contributed by atoms with E-state index < -0.39 is 40.6 Å². The third kappa shape index (κ3) is 3.45. The summed E-state index contributed by atoms with van der Waals surface area (Å²) in [7, 11) is 0. The topological polar surface area (TPSA) is 91.9 Å². The van der Waals surface area contributed by atoms with Crippen LogP contribution in [-0.4, -0.2) is 22.7 Å². The van der Waals surface area contributed by atoms with Gasteiger partial charge < -0.3 is 21.1 Å². The van der Waals surface area contributed by atoms with Crippen LogP contribution in [0, 0.1) is 23.3 Å². The van der Waals surface area contributed by atoms with Gasteiger partial charge in [0.2, 0.25) is 0 Å². The van der Waals surface area contributed by atoms with E-state index in [1.807, 2.05) is 13.8 Å². The Balaban J connectivity index is 1.50. The van der Waals surface area contributed by atoms with Crippen LogP contribution in [0.2, 0.25) is 0 Å². The smallest absolute Gasteiger partial charge is 0.189 e. The molecule has 3 aliphatic rings. The molecule has 0 saturated heterocycles. The van der Waals surface area contributed by atoms with E-state index in [-0.39, 0.29) is 28.3 Å². The Labute approximate surface area is 191 Å². The second kappa shape index (κ2) is 7.80. The number of rotatable bonds is 5. The van der Waals surface area contributed by atoms with Crippen molar-refractivity contribution in [3.8, 4) is 0 Å². The fraction of sp³-hybridized carbons (Fsp3) is 0.174. The van der Waals surface area contributed by atoms with Gasteiger partial charge in [-0.15, -0.1) is 0 Å². The normalized spacial score (nSPS) is 18.2. The maximum absolute atomic E-state index is 14.6. The van der Waals surface area contributed by atoms with Gasteiger partial charge in [-0.1, -0.05) is 13.8 Å². The average molecular weight is 473 g/mol. The third-order valence-electron chi connectivity index (χ3n) is 5.74. The van der Waals surface area contributed by atoms with Gasteiger partial charge in [0.15, 0.2) is 17.5 Å². The zero-order chi connectivity index (χ0) is 24.3. The van der Waals surface area contributed by atoms with E-state index in [1.54, 1.807) is 12.1 Å². The third-order valence-corrected chi connectivity index (χ3v) is 5.74. The lowest BCUT2D eigenvalue weighted by molar-refractivity contribution is 0.325. The van der Waals surface area contributed by atoms with Crippen molar-refractivity contribution in [3.05, 3.63) is 82.0 Å².